The van der Waals surface area contributed by atoms with Gasteiger partial charge in [-0.1, -0.05) is 0 Å². The number of benzene rings is 2. The second-order valence-electron chi connectivity index (χ2n) is 7.25. The minimum Gasteiger partial charge on any atom is -0.492 e. The molecule has 2 atom stereocenters. The predicted molar refractivity (Wildman–Crippen MR) is 99.4 cm³/mol. The third-order valence-electron chi connectivity index (χ3n) is 5.75. The second kappa shape index (κ2) is 6.35. The maximum Gasteiger partial charge on any atom is 0.339 e. The van der Waals surface area contributed by atoms with Gasteiger partial charge in [-0.2, -0.15) is 0 Å². The van der Waals surface area contributed by atoms with Crippen molar-refractivity contribution in [3.63, 3.8) is 0 Å². The van der Waals surface area contributed by atoms with Crippen LogP contribution in [0.1, 0.15) is 39.2 Å². The van der Waals surface area contributed by atoms with Gasteiger partial charge in [0.15, 0.2) is 11.5 Å². The number of hydrogen-bond acceptors (Lipinski definition) is 8. The van der Waals surface area contributed by atoms with Crippen LogP contribution in [-0.2, 0) is 11.2 Å². The Kier molecular flexibility index (Phi) is 3.88. The molecular formula is C20H18N2O7. The number of carbonyl (C=O) groups excluding carboxylic acids is 1. The van der Waals surface area contributed by atoms with Crippen LogP contribution < -0.4 is 14.2 Å². The molecule has 2 unspecified atom stereocenters. The standard InChI is InChI=1S/C20H18N2O7/c1-21-6-5-10-7-14-18(28-9-27-14)19(26-2)15(10)16(21)17-12-4-3-11(22(24)25)8-13(12)20(23)29-17/h3-4,7-8,16-17H,5-6,9H2,1-2H3. The van der Waals surface area contributed by atoms with E-state index in [1.54, 1.807) is 13.2 Å². The summed E-state index contributed by atoms with van der Waals surface area (Å²) in [5.41, 5.74) is 2.64. The van der Waals surface area contributed by atoms with E-state index in [-0.39, 0.29) is 24.1 Å². The molecule has 3 aliphatic rings. The monoisotopic (exact) mass is 398 g/mol. The van der Waals surface area contributed by atoms with Gasteiger partial charge in [0, 0.05) is 29.8 Å². The lowest BCUT2D eigenvalue weighted by molar-refractivity contribution is -0.384. The number of non-ortho nitro benzene ring substituents is 1. The number of nitro benzene ring substituents is 1. The Morgan fingerprint density at radius 1 is 1.28 bits per heavy atom. The van der Waals surface area contributed by atoms with Crippen molar-refractivity contribution in [2.24, 2.45) is 0 Å². The van der Waals surface area contributed by atoms with Crippen LogP contribution in [0.5, 0.6) is 17.2 Å². The van der Waals surface area contributed by atoms with E-state index in [0.717, 1.165) is 24.1 Å². The van der Waals surface area contributed by atoms with Crippen LogP contribution in [0.4, 0.5) is 5.69 Å². The van der Waals surface area contributed by atoms with Crippen LogP contribution in [0, 0.1) is 10.1 Å². The average molecular weight is 398 g/mol. The number of cyclic esters (lactones) is 1. The molecule has 0 saturated heterocycles. The molecule has 0 N–H and O–H groups in total. The van der Waals surface area contributed by atoms with Gasteiger partial charge >= 0.3 is 5.97 Å². The van der Waals surface area contributed by atoms with Crippen molar-refractivity contribution in [3.05, 3.63) is 56.6 Å². The van der Waals surface area contributed by atoms with Gasteiger partial charge in [-0.25, -0.2) is 4.79 Å². The lowest BCUT2D eigenvalue weighted by Crippen LogP contribution is -2.36. The van der Waals surface area contributed by atoms with Crippen molar-refractivity contribution in [1.29, 1.82) is 0 Å². The largest absolute Gasteiger partial charge is 0.492 e. The fourth-order valence-corrected chi connectivity index (χ4v) is 4.41. The average Bonchev–Trinajstić information content (AvgIpc) is 3.30. The lowest BCUT2D eigenvalue weighted by Gasteiger charge is -2.38. The van der Waals surface area contributed by atoms with E-state index in [0.29, 0.717) is 22.8 Å². The molecule has 3 aliphatic heterocycles. The zero-order chi connectivity index (χ0) is 20.3. The van der Waals surface area contributed by atoms with E-state index < -0.39 is 17.0 Å². The van der Waals surface area contributed by atoms with Crippen molar-refractivity contribution >= 4 is 11.7 Å². The van der Waals surface area contributed by atoms with Gasteiger partial charge in [0.1, 0.15) is 6.10 Å². The summed E-state index contributed by atoms with van der Waals surface area (Å²) in [6.07, 6.45) is 0.167. The van der Waals surface area contributed by atoms with Gasteiger partial charge in [0.2, 0.25) is 12.5 Å². The lowest BCUT2D eigenvalue weighted by atomic mass is 9.85. The number of esters is 1. The molecule has 0 fully saturated rings. The maximum atomic E-state index is 12.5. The first kappa shape index (κ1) is 17.7. The quantitative estimate of drug-likeness (QED) is 0.442. The van der Waals surface area contributed by atoms with Gasteiger partial charge in [0.05, 0.1) is 23.6 Å². The van der Waals surface area contributed by atoms with Crippen LogP contribution in [0.3, 0.4) is 0 Å². The number of fused-ring (bicyclic) bond motifs is 3. The van der Waals surface area contributed by atoms with E-state index in [4.69, 9.17) is 18.9 Å². The Morgan fingerprint density at radius 2 is 2.10 bits per heavy atom. The number of methoxy groups -OCH3 is 1. The highest BCUT2D eigenvalue weighted by molar-refractivity contribution is 5.95. The van der Waals surface area contributed by atoms with Crippen LogP contribution in [0.15, 0.2) is 24.3 Å². The van der Waals surface area contributed by atoms with Crippen molar-refractivity contribution < 1.29 is 28.7 Å². The van der Waals surface area contributed by atoms with Crippen LogP contribution in [0.25, 0.3) is 0 Å². The van der Waals surface area contributed by atoms with Gasteiger partial charge in [0.25, 0.3) is 5.69 Å². The molecule has 9 nitrogen and oxygen atoms in total. The molecule has 0 radical (unpaired) electrons. The van der Waals surface area contributed by atoms with Crippen LogP contribution in [-0.4, -0.2) is 43.3 Å². The number of nitrogens with zero attached hydrogens (tertiary/aromatic N) is 2. The zero-order valence-corrected chi connectivity index (χ0v) is 15.8. The third-order valence-corrected chi connectivity index (χ3v) is 5.75. The van der Waals surface area contributed by atoms with Crippen molar-refractivity contribution in [2.75, 3.05) is 27.5 Å². The summed E-state index contributed by atoms with van der Waals surface area (Å²) < 4.78 is 22.6. The SMILES string of the molecule is COc1c2c(cc3c1C(C1OC(=O)c4cc([N+](=O)[O-])ccc41)N(C)CC3)OCO2. The third kappa shape index (κ3) is 2.54. The summed E-state index contributed by atoms with van der Waals surface area (Å²) in [5, 5.41) is 11.1. The fourth-order valence-electron chi connectivity index (χ4n) is 4.41. The molecule has 0 amide bonds. The summed E-state index contributed by atoms with van der Waals surface area (Å²) in [7, 11) is 3.52. The molecule has 29 heavy (non-hydrogen) atoms. The maximum absolute atomic E-state index is 12.5. The molecule has 3 heterocycles. The summed E-state index contributed by atoms with van der Waals surface area (Å²) in [6.45, 7) is 0.872. The molecule has 2 aromatic rings. The van der Waals surface area contributed by atoms with E-state index in [2.05, 4.69) is 4.90 Å². The first-order chi connectivity index (χ1) is 14.0. The zero-order valence-electron chi connectivity index (χ0n) is 15.8. The van der Waals surface area contributed by atoms with Gasteiger partial charge in [-0.15, -0.1) is 0 Å². The summed E-state index contributed by atoms with van der Waals surface area (Å²) >= 11 is 0. The van der Waals surface area contributed by atoms with E-state index >= 15 is 0 Å². The Balaban J connectivity index is 1.66. The van der Waals surface area contributed by atoms with Gasteiger partial charge in [-0.3, -0.25) is 15.0 Å². The number of likely N-dealkylation sites (N-methyl/N-ethyl adjacent to an activating group) is 1. The number of hydrogen-bond donors (Lipinski definition) is 0. The van der Waals surface area contributed by atoms with Crippen LogP contribution >= 0.6 is 0 Å². The molecule has 0 bridgehead atoms. The fraction of sp³-hybridized carbons (Fsp3) is 0.350. The Morgan fingerprint density at radius 3 is 2.86 bits per heavy atom. The van der Waals surface area contributed by atoms with E-state index in [9.17, 15) is 14.9 Å². The molecular weight excluding hydrogens is 380 g/mol. The normalized spacial score (nSPS) is 22.1. The Labute approximate surface area is 165 Å². The molecule has 0 spiro atoms. The highest BCUT2D eigenvalue weighted by Gasteiger charge is 2.45. The molecule has 0 aromatic heterocycles. The number of nitro groups is 1. The first-order valence-corrected chi connectivity index (χ1v) is 9.18. The molecule has 150 valence electrons. The minimum absolute atomic E-state index is 0.125. The van der Waals surface area contributed by atoms with Crippen molar-refractivity contribution in [1.82, 2.24) is 4.90 Å². The minimum atomic E-state index is -0.614. The number of ether oxygens (including phenoxy) is 4. The highest BCUT2D eigenvalue weighted by Crippen LogP contribution is 2.54. The molecule has 2 aromatic carbocycles. The molecule has 0 aliphatic carbocycles. The topological polar surface area (TPSA) is 100 Å². The summed E-state index contributed by atoms with van der Waals surface area (Å²) in [5.74, 6) is 1.19. The second-order valence-corrected chi connectivity index (χ2v) is 7.25. The highest BCUT2D eigenvalue weighted by atomic mass is 16.7. The Hall–Kier alpha value is -3.33. The molecule has 5 rings (SSSR count). The summed E-state index contributed by atoms with van der Waals surface area (Å²) in [6, 6.07) is 5.90. The van der Waals surface area contributed by atoms with Gasteiger partial charge in [-0.05, 0) is 31.2 Å². The van der Waals surface area contributed by atoms with E-state index in [1.807, 2.05) is 13.1 Å². The van der Waals surface area contributed by atoms with Gasteiger partial charge < -0.3 is 18.9 Å². The first-order valence-electron chi connectivity index (χ1n) is 9.18. The molecule has 0 saturated carbocycles. The van der Waals surface area contributed by atoms with Crippen molar-refractivity contribution in [3.8, 4) is 17.2 Å². The number of rotatable bonds is 3. The number of carbonyl (C=O) groups is 1. The Bertz CT molecular complexity index is 1050. The van der Waals surface area contributed by atoms with Crippen molar-refractivity contribution in [2.45, 2.75) is 18.6 Å². The smallest absolute Gasteiger partial charge is 0.339 e. The van der Waals surface area contributed by atoms with E-state index in [1.165, 1.54) is 12.1 Å². The predicted octanol–water partition coefficient (Wildman–Crippen LogP) is 2.77. The summed E-state index contributed by atoms with van der Waals surface area (Å²) in [4.78, 5) is 25.2. The van der Waals surface area contributed by atoms with Crippen LogP contribution in [0.2, 0.25) is 0 Å². The molecule has 9 heteroatoms.